The lowest BCUT2D eigenvalue weighted by Gasteiger charge is -1.96. The number of ether oxygens (including phenoxy) is 1. The number of thiophene rings is 1. The maximum atomic E-state index is 11.8. The molecule has 0 unspecified atom stereocenters. The van der Waals surface area contributed by atoms with Gasteiger partial charge in [0.05, 0.1) is 22.2 Å². The molecule has 0 bridgehead atoms. The second-order valence-electron chi connectivity index (χ2n) is 3.44. The number of rotatable bonds is 3. The van der Waals surface area contributed by atoms with Gasteiger partial charge < -0.3 is 4.74 Å². The third-order valence-electron chi connectivity index (χ3n) is 2.45. The largest absolute Gasteiger partial charge is 0.469 e. The molecule has 0 amide bonds. The Morgan fingerprint density at radius 3 is 2.73 bits per heavy atom. The van der Waals surface area contributed by atoms with Crippen molar-refractivity contribution in [2.75, 3.05) is 7.11 Å². The fraction of sp³-hybridized carbons (Fsp3) is 0.400. The normalized spacial score (nSPS) is 23.6. The van der Waals surface area contributed by atoms with Crippen LogP contribution in [-0.2, 0) is 9.53 Å². The molecule has 1 fully saturated rings. The van der Waals surface area contributed by atoms with Crippen molar-refractivity contribution in [2.45, 2.75) is 6.42 Å². The highest BCUT2D eigenvalue weighted by Gasteiger charge is 2.49. The van der Waals surface area contributed by atoms with Crippen LogP contribution in [0.1, 0.15) is 16.1 Å². The van der Waals surface area contributed by atoms with Crippen molar-refractivity contribution in [3.05, 3.63) is 21.3 Å². The first-order valence-corrected chi connectivity index (χ1v) is 5.70. The second-order valence-corrected chi connectivity index (χ2v) is 5.15. The molecule has 0 spiro atoms. The second kappa shape index (κ2) is 3.94. The minimum atomic E-state index is -0.295. The molecule has 1 aliphatic carbocycles. The minimum Gasteiger partial charge on any atom is -0.469 e. The number of halogens is 1. The Kier molecular flexibility index (Phi) is 2.80. The third-order valence-corrected chi connectivity index (χ3v) is 3.69. The minimum absolute atomic E-state index is 0.00213. The van der Waals surface area contributed by atoms with E-state index in [1.54, 1.807) is 12.1 Å². The van der Waals surface area contributed by atoms with Gasteiger partial charge in [-0.3, -0.25) is 9.59 Å². The van der Waals surface area contributed by atoms with E-state index in [0.717, 1.165) is 0 Å². The van der Waals surface area contributed by atoms with Gasteiger partial charge in [-0.25, -0.2) is 0 Å². The number of hydrogen-bond acceptors (Lipinski definition) is 4. The summed E-state index contributed by atoms with van der Waals surface area (Å²) in [5, 5.41) is 0. The Balaban J connectivity index is 2.03. The number of esters is 1. The van der Waals surface area contributed by atoms with Crippen LogP contribution >= 0.6 is 22.9 Å². The van der Waals surface area contributed by atoms with Gasteiger partial charge in [0, 0.05) is 5.92 Å². The van der Waals surface area contributed by atoms with E-state index in [-0.39, 0.29) is 23.6 Å². The van der Waals surface area contributed by atoms with E-state index in [0.29, 0.717) is 15.6 Å². The zero-order valence-electron chi connectivity index (χ0n) is 8.03. The van der Waals surface area contributed by atoms with Gasteiger partial charge in [0.1, 0.15) is 0 Å². The Hall–Kier alpha value is -0.870. The number of carbonyl (C=O) groups is 2. The number of methoxy groups -OCH3 is 1. The molecule has 1 saturated carbocycles. The molecule has 1 aliphatic rings. The molecule has 0 aromatic carbocycles. The van der Waals surface area contributed by atoms with Gasteiger partial charge in [0.2, 0.25) is 0 Å². The molecule has 15 heavy (non-hydrogen) atoms. The molecule has 1 aromatic heterocycles. The van der Waals surface area contributed by atoms with Crippen molar-refractivity contribution in [3.8, 4) is 0 Å². The van der Waals surface area contributed by atoms with E-state index in [1.807, 2.05) is 0 Å². The van der Waals surface area contributed by atoms with Gasteiger partial charge in [-0.2, -0.15) is 0 Å². The molecule has 5 heteroatoms. The van der Waals surface area contributed by atoms with E-state index in [9.17, 15) is 9.59 Å². The van der Waals surface area contributed by atoms with Crippen molar-refractivity contribution in [1.29, 1.82) is 0 Å². The van der Waals surface area contributed by atoms with E-state index in [4.69, 9.17) is 11.6 Å². The molecule has 0 radical (unpaired) electrons. The first-order valence-electron chi connectivity index (χ1n) is 4.51. The van der Waals surface area contributed by atoms with Gasteiger partial charge in [0.15, 0.2) is 5.78 Å². The summed E-state index contributed by atoms with van der Waals surface area (Å²) in [5.74, 6) is -0.742. The first-order chi connectivity index (χ1) is 7.13. The van der Waals surface area contributed by atoms with Crippen LogP contribution in [0.5, 0.6) is 0 Å². The number of Topliss-reactive ketones (excluding diaryl/α,β-unsaturated/α-hetero) is 1. The summed E-state index contributed by atoms with van der Waals surface area (Å²) in [7, 11) is 1.34. The van der Waals surface area contributed by atoms with Crippen LogP contribution in [0.2, 0.25) is 4.34 Å². The van der Waals surface area contributed by atoms with Gasteiger partial charge in [0.25, 0.3) is 0 Å². The van der Waals surface area contributed by atoms with Gasteiger partial charge in [-0.1, -0.05) is 11.6 Å². The standard InChI is InChI=1S/C10H9ClO3S/c1-14-10(13)6-4-5(6)9(12)7-2-3-8(11)15-7/h2-3,5-6H,4H2,1H3/t5-,6-/m0/s1. The van der Waals surface area contributed by atoms with Crippen molar-refractivity contribution >= 4 is 34.7 Å². The number of hydrogen-bond donors (Lipinski definition) is 0. The average molecular weight is 245 g/mol. The van der Waals surface area contributed by atoms with Gasteiger partial charge in [-0.05, 0) is 18.6 Å². The predicted octanol–water partition coefficient (Wildman–Crippen LogP) is 2.39. The summed E-state index contributed by atoms with van der Waals surface area (Å²) < 4.78 is 5.17. The maximum Gasteiger partial charge on any atom is 0.309 e. The Bertz CT molecular complexity index is 413. The zero-order valence-corrected chi connectivity index (χ0v) is 9.60. The molecule has 0 saturated heterocycles. The van der Waals surface area contributed by atoms with E-state index < -0.39 is 0 Å². The van der Waals surface area contributed by atoms with Crippen LogP contribution < -0.4 is 0 Å². The molecule has 1 heterocycles. The summed E-state index contributed by atoms with van der Waals surface area (Å²) in [6.07, 6.45) is 0.598. The molecular formula is C10H9ClO3S. The molecule has 80 valence electrons. The van der Waals surface area contributed by atoms with E-state index in [2.05, 4.69) is 4.74 Å². The summed E-state index contributed by atoms with van der Waals surface area (Å²) in [6.45, 7) is 0. The molecule has 3 nitrogen and oxygen atoms in total. The van der Waals surface area contributed by atoms with Crippen molar-refractivity contribution in [2.24, 2.45) is 11.8 Å². The van der Waals surface area contributed by atoms with Crippen LogP contribution in [0.15, 0.2) is 12.1 Å². The predicted molar refractivity (Wildman–Crippen MR) is 57.3 cm³/mol. The summed E-state index contributed by atoms with van der Waals surface area (Å²) >= 11 is 6.98. The Morgan fingerprint density at radius 2 is 2.20 bits per heavy atom. The third kappa shape index (κ3) is 2.06. The smallest absolute Gasteiger partial charge is 0.309 e. The topological polar surface area (TPSA) is 43.4 Å². The maximum absolute atomic E-state index is 11.8. The zero-order chi connectivity index (χ0) is 11.0. The highest BCUT2D eigenvalue weighted by molar-refractivity contribution is 7.18. The van der Waals surface area contributed by atoms with E-state index in [1.165, 1.54) is 18.4 Å². The van der Waals surface area contributed by atoms with Crippen LogP contribution in [0.25, 0.3) is 0 Å². The molecule has 2 atom stereocenters. The lowest BCUT2D eigenvalue weighted by molar-refractivity contribution is -0.142. The van der Waals surface area contributed by atoms with Crippen molar-refractivity contribution in [1.82, 2.24) is 0 Å². The Morgan fingerprint density at radius 1 is 1.47 bits per heavy atom. The quantitative estimate of drug-likeness (QED) is 0.606. The lowest BCUT2D eigenvalue weighted by atomic mass is 10.2. The molecule has 0 N–H and O–H groups in total. The summed E-state index contributed by atoms with van der Waals surface area (Å²) in [6, 6.07) is 3.39. The van der Waals surface area contributed by atoms with E-state index >= 15 is 0 Å². The van der Waals surface area contributed by atoms with Crippen molar-refractivity contribution in [3.63, 3.8) is 0 Å². The molecule has 1 aromatic rings. The van der Waals surface area contributed by atoms with Crippen molar-refractivity contribution < 1.29 is 14.3 Å². The fourth-order valence-electron chi connectivity index (χ4n) is 1.53. The van der Waals surface area contributed by atoms with Crippen LogP contribution in [-0.4, -0.2) is 18.9 Å². The van der Waals surface area contributed by atoms with Crippen LogP contribution in [0.4, 0.5) is 0 Å². The fourth-order valence-corrected chi connectivity index (χ4v) is 2.57. The lowest BCUT2D eigenvalue weighted by Crippen LogP contribution is -2.09. The molecular weight excluding hydrogens is 236 g/mol. The monoisotopic (exact) mass is 244 g/mol. The summed E-state index contributed by atoms with van der Waals surface area (Å²) in [4.78, 5) is 23.5. The van der Waals surface area contributed by atoms with Crippen LogP contribution in [0, 0.1) is 11.8 Å². The SMILES string of the molecule is COC(=O)[C@H]1C[C@@H]1C(=O)c1ccc(Cl)s1. The Labute approximate surface area is 96.0 Å². The first kappa shape index (κ1) is 10.6. The average Bonchev–Trinajstić information content (AvgIpc) is 2.92. The van der Waals surface area contributed by atoms with Crippen LogP contribution in [0.3, 0.4) is 0 Å². The molecule has 2 rings (SSSR count). The van der Waals surface area contributed by atoms with Gasteiger partial charge >= 0.3 is 5.97 Å². The molecule has 0 aliphatic heterocycles. The number of carbonyl (C=O) groups excluding carboxylic acids is 2. The highest BCUT2D eigenvalue weighted by Crippen LogP contribution is 2.43. The number of ketones is 1. The highest BCUT2D eigenvalue weighted by atomic mass is 35.5. The van der Waals surface area contributed by atoms with Gasteiger partial charge in [-0.15, -0.1) is 11.3 Å². The summed E-state index contributed by atoms with van der Waals surface area (Å²) in [5.41, 5.74) is 0.